The predicted molar refractivity (Wildman–Crippen MR) is 62.4 cm³/mol. The molecule has 0 aliphatic carbocycles. The molecule has 0 spiro atoms. The highest BCUT2D eigenvalue weighted by Gasteiger charge is 2.41. The van der Waals surface area contributed by atoms with Gasteiger partial charge >= 0.3 is 5.69 Å². The van der Waals surface area contributed by atoms with Crippen LogP contribution < -0.4 is 0 Å². The molecule has 0 unspecified atom stereocenters. The first kappa shape index (κ1) is 12.7. The van der Waals surface area contributed by atoms with Crippen molar-refractivity contribution in [1.29, 1.82) is 0 Å². The molecule has 1 aromatic rings. The summed E-state index contributed by atoms with van der Waals surface area (Å²) in [6.07, 6.45) is 1.24. The second kappa shape index (κ2) is 4.18. The van der Waals surface area contributed by atoms with E-state index in [1.54, 1.807) is 6.92 Å². The van der Waals surface area contributed by atoms with Crippen molar-refractivity contribution in [1.82, 2.24) is 9.88 Å². The van der Waals surface area contributed by atoms with Gasteiger partial charge in [0.05, 0.1) is 23.6 Å². The van der Waals surface area contributed by atoms with Crippen molar-refractivity contribution < 1.29 is 14.8 Å². The van der Waals surface area contributed by atoms with Gasteiger partial charge in [0.1, 0.15) is 5.56 Å². The van der Waals surface area contributed by atoms with Crippen LogP contribution in [0.5, 0.6) is 0 Å². The summed E-state index contributed by atoms with van der Waals surface area (Å²) in [6.45, 7) is 1.87. The van der Waals surface area contributed by atoms with Gasteiger partial charge in [-0.25, -0.2) is 4.98 Å². The highest BCUT2D eigenvalue weighted by molar-refractivity contribution is 6.32. The molecule has 0 radical (unpaired) electrons. The van der Waals surface area contributed by atoms with Gasteiger partial charge in [-0.3, -0.25) is 14.9 Å². The molecular formula is C10H10ClN3O4. The van der Waals surface area contributed by atoms with Crippen molar-refractivity contribution in [3.8, 4) is 0 Å². The monoisotopic (exact) mass is 271 g/mol. The molecule has 1 saturated heterocycles. The minimum atomic E-state index is -0.929. The Morgan fingerprint density at radius 2 is 2.28 bits per heavy atom. The van der Waals surface area contributed by atoms with Crippen molar-refractivity contribution in [3.05, 3.63) is 33.1 Å². The zero-order valence-electron chi connectivity index (χ0n) is 9.46. The maximum absolute atomic E-state index is 12.0. The number of β-amino-alcohol motifs (C(OH)–C–C–N with tert-alkyl or cyclic N) is 1. The van der Waals surface area contributed by atoms with E-state index in [0.717, 1.165) is 0 Å². The third-order valence-electron chi connectivity index (χ3n) is 2.64. The van der Waals surface area contributed by atoms with Crippen LogP contribution >= 0.6 is 11.6 Å². The second-order valence-electron chi connectivity index (χ2n) is 4.41. The molecule has 0 aromatic carbocycles. The molecule has 1 aromatic heterocycles. The summed E-state index contributed by atoms with van der Waals surface area (Å²) in [5.74, 6) is -0.530. The number of rotatable bonds is 2. The number of aromatic nitrogens is 1. The Balaban J connectivity index is 2.32. The zero-order chi connectivity index (χ0) is 13.5. The molecular weight excluding hydrogens is 262 g/mol. The van der Waals surface area contributed by atoms with E-state index in [9.17, 15) is 20.0 Å². The lowest BCUT2D eigenvalue weighted by molar-refractivity contribution is -0.385. The molecule has 2 rings (SSSR count). The zero-order valence-corrected chi connectivity index (χ0v) is 10.2. The highest BCUT2D eigenvalue weighted by atomic mass is 35.5. The molecule has 2 heterocycles. The number of likely N-dealkylation sites (tertiary alicyclic amines) is 1. The molecule has 1 fully saturated rings. The van der Waals surface area contributed by atoms with Gasteiger partial charge in [-0.15, -0.1) is 0 Å². The van der Waals surface area contributed by atoms with Crippen molar-refractivity contribution in [2.45, 2.75) is 12.5 Å². The van der Waals surface area contributed by atoms with Crippen LogP contribution in [0.3, 0.4) is 0 Å². The maximum Gasteiger partial charge on any atom is 0.319 e. The van der Waals surface area contributed by atoms with E-state index in [1.807, 2.05) is 0 Å². The lowest BCUT2D eigenvalue weighted by Crippen LogP contribution is -2.61. The predicted octanol–water partition coefficient (Wildman–Crippen LogP) is 0.850. The number of aliphatic hydroxyl groups is 1. The summed E-state index contributed by atoms with van der Waals surface area (Å²) in [6, 6.07) is 1.25. The Morgan fingerprint density at radius 3 is 2.78 bits per heavy atom. The summed E-state index contributed by atoms with van der Waals surface area (Å²) >= 11 is 5.62. The van der Waals surface area contributed by atoms with Gasteiger partial charge in [0.25, 0.3) is 5.91 Å². The third kappa shape index (κ3) is 2.14. The van der Waals surface area contributed by atoms with E-state index in [2.05, 4.69) is 4.98 Å². The molecule has 0 saturated carbocycles. The number of nitro groups is 1. The van der Waals surface area contributed by atoms with Crippen LogP contribution in [0.1, 0.15) is 17.3 Å². The Labute approximate surface area is 107 Å². The summed E-state index contributed by atoms with van der Waals surface area (Å²) in [5, 5.41) is 20.1. The van der Waals surface area contributed by atoms with Crippen LogP contribution in [0.2, 0.25) is 5.15 Å². The highest BCUT2D eigenvalue weighted by Crippen LogP contribution is 2.29. The minimum Gasteiger partial charge on any atom is -0.386 e. The second-order valence-corrected chi connectivity index (χ2v) is 4.77. The number of carbonyl (C=O) groups excluding carboxylic acids is 1. The van der Waals surface area contributed by atoms with Crippen LogP contribution in [0.15, 0.2) is 12.3 Å². The van der Waals surface area contributed by atoms with Crippen LogP contribution in [0.4, 0.5) is 5.69 Å². The summed E-state index contributed by atoms with van der Waals surface area (Å²) in [4.78, 5) is 27.0. The van der Waals surface area contributed by atoms with Crippen molar-refractivity contribution in [2.24, 2.45) is 0 Å². The van der Waals surface area contributed by atoms with E-state index >= 15 is 0 Å². The van der Waals surface area contributed by atoms with E-state index in [-0.39, 0.29) is 23.8 Å². The van der Waals surface area contributed by atoms with Crippen molar-refractivity contribution in [3.63, 3.8) is 0 Å². The molecule has 96 valence electrons. The molecule has 7 nitrogen and oxygen atoms in total. The smallest absolute Gasteiger partial charge is 0.319 e. The molecule has 8 heteroatoms. The number of hydrogen-bond donors (Lipinski definition) is 1. The number of nitrogens with zero attached hydrogens (tertiary/aromatic N) is 3. The normalized spacial score (nSPS) is 17.2. The fourth-order valence-electron chi connectivity index (χ4n) is 1.86. The van der Waals surface area contributed by atoms with Crippen molar-refractivity contribution >= 4 is 23.2 Å². The molecule has 18 heavy (non-hydrogen) atoms. The molecule has 0 bridgehead atoms. The average Bonchev–Trinajstić information content (AvgIpc) is 2.23. The van der Waals surface area contributed by atoms with Crippen LogP contribution in [0, 0.1) is 10.1 Å². The van der Waals surface area contributed by atoms with Gasteiger partial charge in [-0.1, -0.05) is 11.6 Å². The number of carbonyl (C=O) groups is 1. The van der Waals surface area contributed by atoms with Gasteiger partial charge in [0.15, 0.2) is 0 Å². The number of halogens is 1. The first-order valence-corrected chi connectivity index (χ1v) is 5.50. The Morgan fingerprint density at radius 1 is 1.67 bits per heavy atom. The van der Waals surface area contributed by atoms with Crippen LogP contribution in [-0.2, 0) is 0 Å². The molecule has 1 N–H and O–H groups in total. The third-order valence-corrected chi connectivity index (χ3v) is 2.92. The van der Waals surface area contributed by atoms with E-state index in [4.69, 9.17) is 11.6 Å². The lowest BCUT2D eigenvalue weighted by Gasteiger charge is -2.44. The lowest BCUT2D eigenvalue weighted by atomic mass is 9.96. The summed E-state index contributed by atoms with van der Waals surface area (Å²) in [7, 11) is 0. The van der Waals surface area contributed by atoms with Crippen LogP contribution in [0.25, 0.3) is 0 Å². The average molecular weight is 272 g/mol. The molecule has 1 amide bonds. The van der Waals surface area contributed by atoms with E-state index < -0.39 is 22.1 Å². The first-order valence-electron chi connectivity index (χ1n) is 5.12. The van der Waals surface area contributed by atoms with Gasteiger partial charge < -0.3 is 10.0 Å². The van der Waals surface area contributed by atoms with Gasteiger partial charge in [-0.2, -0.15) is 0 Å². The topological polar surface area (TPSA) is 96.6 Å². The Hall–Kier alpha value is -1.73. The standard InChI is InChI=1S/C10H10ClN3O4/c1-10(16)4-13(5-10)9(15)6-2-3-12-8(11)7(6)14(17)18/h2-3,16H,4-5H2,1H3. The van der Waals surface area contributed by atoms with Gasteiger partial charge in [-0.05, 0) is 13.0 Å². The fraction of sp³-hybridized carbons (Fsp3) is 0.400. The fourth-order valence-corrected chi connectivity index (χ4v) is 2.09. The number of pyridine rings is 1. The molecule has 0 atom stereocenters. The molecule has 1 aliphatic heterocycles. The Kier molecular flexibility index (Phi) is 2.95. The van der Waals surface area contributed by atoms with E-state index in [1.165, 1.54) is 17.2 Å². The van der Waals surface area contributed by atoms with Gasteiger partial charge in [0.2, 0.25) is 5.15 Å². The quantitative estimate of drug-likeness (QED) is 0.489. The summed E-state index contributed by atoms with van der Waals surface area (Å²) < 4.78 is 0. The van der Waals surface area contributed by atoms with Gasteiger partial charge in [0, 0.05) is 6.20 Å². The van der Waals surface area contributed by atoms with E-state index in [0.29, 0.717) is 0 Å². The minimum absolute atomic E-state index is 0.115. The Bertz CT molecular complexity index is 524. The van der Waals surface area contributed by atoms with Crippen LogP contribution in [-0.4, -0.2) is 44.5 Å². The number of amides is 1. The summed E-state index contributed by atoms with van der Waals surface area (Å²) in [5.41, 5.74) is -1.55. The maximum atomic E-state index is 12.0. The molecule has 1 aliphatic rings. The number of hydrogen-bond acceptors (Lipinski definition) is 5. The van der Waals surface area contributed by atoms with Crippen molar-refractivity contribution in [2.75, 3.05) is 13.1 Å². The first-order chi connectivity index (χ1) is 8.32. The largest absolute Gasteiger partial charge is 0.386 e. The SMILES string of the molecule is CC1(O)CN(C(=O)c2ccnc(Cl)c2[N+](=O)[O-])C1.